The van der Waals surface area contributed by atoms with Crippen molar-refractivity contribution in [3.8, 4) is 0 Å². The smallest absolute Gasteiger partial charge is 0.414 e. The number of ether oxygens (including phenoxy) is 1. The lowest BCUT2D eigenvalue weighted by atomic mass is 9.77. The third-order valence-electron chi connectivity index (χ3n) is 10.0. The van der Waals surface area contributed by atoms with Crippen LogP contribution in [0.5, 0.6) is 0 Å². The number of piperidine rings is 1. The maximum Gasteiger partial charge on any atom is 0.414 e. The summed E-state index contributed by atoms with van der Waals surface area (Å²) in [5, 5.41) is 3.66. The minimum atomic E-state index is -1.08. The summed E-state index contributed by atoms with van der Waals surface area (Å²) in [5.74, 6) is -0.871. The van der Waals surface area contributed by atoms with Gasteiger partial charge in [0.1, 0.15) is 17.5 Å². The second-order valence-corrected chi connectivity index (χ2v) is 14.0. The summed E-state index contributed by atoms with van der Waals surface area (Å²) in [6.45, 7) is 4.38. The third-order valence-corrected chi connectivity index (χ3v) is 10.8. The van der Waals surface area contributed by atoms with E-state index in [0.717, 1.165) is 5.56 Å². The van der Waals surface area contributed by atoms with Crippen molar-refractivity contribution in [2.45, 2.75) is 56.1 Å². The molecule has 262 valence electrons. The largest absolute Gasteiger partial charge is 0.437 e. The van der Waals surface area contributed by atoms with E-state index >= 15 is 0 Å². The molecule has 49 heavy (non-hydrogen) atoms. The molecule has 3 amide bonds. The second-order valence-electron chi connectivity index (χ2n) is 13.2. The number of nitrogens with one attached hydrogen (secondary N) is 1. The lowest BCUT2D eigenvalue weighted by molar-refractivity contribution is -0.143. The maximum absolute atomic E-state index is 14.7. The number of amides is 3. The van der Waals surface area contributed by atoms with Crippen LogP contribution in [0.15, 0.2) is 66.7 Å². The van der Waals surface area contributed by atoms with Gasteiger partial charge in [0.05, 0.1) is 21.1 Å². The maximum atomic E-state index is 14.7. The number of nitrogens with zero attached hydrogens (tertiary/aromatic N) is 3. The van der Waals surface area contributed by atoms with Crippen molar-refractivity contribution in [3.63, 3.8) is 0 Å². The topological polar surface area (TPSA) is 108 Å². The Labute approximate surface area is 297 Å². The summed E-state index contributed by atoms with van der Waals surface area (Å²) < 4.78 is 20.4. The fraction of sp³-hybridized carbons (Fsp3) is 0.432. The third kappa shape index (κ3) is 7.88. The number of fused-ring (bicyclic) bond motifs is 2. The fourth-order valence-electron chi connectivity index (χ4n) is 6.86. The molecule has 2 aliphatic rings. The number of nitrogens with two attached hydrogens (primary N) is 1. The first-order valence-corrected chi connectivity index (χ1v) is 17.4. The molecule has 3 aromatic rings. The predicted octanol–water partition coefficient (Wildman–Crippen LogP) is 5.89. The molecule has 2 aliphatic heterocycles. The van der Waals surface area contributed by atoms with Crippen molar-refractivity contribution in [2.75, 3.05) is 51.7 Å². The zero-order chi connectivity index (χ0) is 35.3. The zero-order valence-electron chi connectivity index (χ0n) is 28.2. The van der Waals surface area contributed by atoms with Gasteiger partial charge >= 0.3 is 6.09 Å². The van der Waals surface area contributed by atoms with Crippen LogP contribution < -0.4 is 16.0 Å². The molecule has 0 aromatic heterocycles. The molecule has 2 atom stereocenters. The summed E-state index contributed by atoms with van der Waals surface area (Å²) >= 11 is 12.8. The molecule has 1 spiro atoms. The average molecular weight is 713 g/mol. The monoisotopic (exact) mass is 711 g/mol. The van der Waals surface area contributed by atoms with Gasteiger partial charge in [-0.25, -0.2) is 9.18 Å². The van der Waals surface area contributed by atoms with Crippen molar-refractivity contribution in [3.05, 3.63) is 99.3 Å². The molecule has 3 aromatic carbocycles. The number of anilines is 1. The molecule has 2 heterocycles. The molecular weight excluding hydrogens is 668 g/mol. The molecule has 0 unspecified atom stereocenters. The van der Waals surface area contributed by atoms with Crippen molar-refractivity contribution in [1.29, 1.82) is 0 Å². The van der Waals surface area contributed by atoms with E-state index in [4.69, 9.17) is 33.7 Å². The van der Waals surface area contributed by atoms with Crippen molar-refractivity contribution in [1.82, 2.24) is 15.1 Å². The lowest BCUT2D eigenvalue weighted by Crippen LogP contribution is -2.55. The molecule has 5 rings (SSSR count). The Morgan fingerprint density at radius 1 is 1.08 bits per heavy atom. The Kier molecular flexibility index (Phi) is 11.5. The van der Waals surface area contributed by atoms with Crippen molar-refractivity contribution < 1.29 is 23.5 Å². The second kappa shape index (κ2) is 15.5. The number of halogens is 3. The van der Waals surface area contributed by atoms with Gasteiger partial charge in [0.2, 0.25) is 11.8 Å². The first-order valence-electron chi connectivity index (χ1n) is 16.6. The molecule has 0 radical (unpaired) electrons. The van der Waals surface area contributed by atoms with Crippen molar-refractivity contribution >= 4 is 46.8 Å². The number of hydrogen-bond donors (Lipinski definition) is 2. The van der Waals surface area contributed by atoms with Crippen molar-refractivity contribution in [2.24, 2.45) is 5.73 Å². The highest BCUT2D eigenvalue weighted by Crippen LogP contribution is 2.46. The van der Waals surface area contributed by atoms with E-state index in [0.29, 0.717) is 91.7 Å². The molecule has 1 fully saturated rings. The highest BCUT2D eigenvalue weighted by atomic mass is 35.5. The standard InChI is InChI=1S/C37H44Cl2FN5O4/c1-36(26-10-12-29(38)30(39)23-26,34(47)43(2)32(33(46)42-18-7-17-41)22-25-8-5-4-6-9-25)14-19-45-20-15-37(16-21-45)28-24-27(40)11-13-31(28)44(3)35(48)49-37/h4-6,8-13,23-24,32H,7,14-22,41H2,1-3H3,(H,42,46)/t32-,36-/m1/s1. The van der Waals surface area contributed by atoms with E-state index in [-0.39, 0.29) is 17.6 Å². The van der Waals surface area contributed by atoms with Gasteiger partial charge in [0, 0.05) is 58.6 Å². The van der Waals surface area contributed by atoms with Gasteiger partial charge in [-0.3, -0.25) is 14.5 Å². The number of carbonyl (C=O) groups is 3. The summed E-state index contributed by atoms with van der Waals surface area (Å²) in [6, 6.07) is 18.5. The van der Waals surface area contributed by atoms with E-state index in [1.165, 1.54) is 17.0 Å². The molecule has 1 saturated heterocycles. The normalized spacial score (nSPS) is 17.5. The number of carbonyl (C=O) groups excluding carboxylic acids is 3. The average Bonchev–Trinajstić information content (AvgIpc) is 3.10. The Balaban J connectivity index is 1.38. The summed E-state index contributed by atoms with van der Waals surface area (Å²) in [6.07, 6.45) is 1.84. The number of likely N-dealkylation sites (N-methyl/N-ethyl adjacent to an activating group) is 1. The van der Waals surface area contributed by atoms with E-state index in [1.54, 1.807) is 37.2 Å². The molecule has 9 nitrogen and oxygen atoms in total. The summed E-state index contributed by atoms with van der Waals surface area (Å²) in [5.41, 5.74) is 6.57. The molecule has 12 heteroatoms. The van der Waals surface area contributed by atoms with E-state index in [9.17, 15) is 18.8 Å². The van der Waals surface area contributed by atoms with Crippen LogP contribution in [-0.4, -0.2) is 80.6 Å². The number of likely N-dealkylation sites (tertiary alicyclic amines) is 1. The van der Waals surface area contributed by atoms with E-state index in [2.05, 4.69) is 10.2 Å². The first-order chi connectivity index (χ1) is 23.4. The van der Waals surface area contributed by atoms with Gasteiger partial charge in [-0.2, -0.15) is 0 Å². The Hall–Kier alpha value is -3.70. The van der Waals surface area contributed by atoms with Gasteiger partial charge in [0.25, 0.3) is 0 Å². The van der Waals surface area contributed by atoms with E-state index in [1.807, 2.05) is 43.3 Å². The van der Waals surface area contributed by atoms with Crippen LogP contribution in [0, 0.1) is 5.82 Å². The summed E-state index contributed by atoms with van der Waals surface area (Å²) in [7, 11) is 3.29. The highest BCUT2D eigenvalue weighted by Gasteiger charge is 2.47. The Bertz CT molecular complexity index is 1670. The minimum Gasteiger partial charge on any atom is -0.437 e. The van der Waals surface area contributed by atoms with Crippen LogP contribution in [0.25, 0.3) is 0 Å². The number of hydrogen-bond acceptors (Lipinski definition) is 6. The van der Waals surface area contributed by atoms with Gasteiger partial charge in [-0.15, -0.1) is 0 Å². The lowest BCUT2D eigenvalue weighted by Gasteiger charge is -2.46. The van der Waals surface area contributed by atoms with E-state index < -0.39 is 23.2 Å². The van der Waals surface area contributed by atoms with Gasteiger partial charge < -0.3 is 25.6 Å². The van der Waals surface area contributed by atoms with Crippen LogP contribution in [0.1, 0.15) is 49.3 Å². The summed E-state index contributed by atoms with van der Waals surface area (Å²) in [4.78, 5) is 46.3. The van der Waals surface area contributed by atoms with Crippen LogP contribution in [-0.2, 0) is 31.8 Å². The molecule has 3 N–H and O–H groups in total. The Morgan fingerprint density at radius 3 is 2.47 bits per heavy atom. The van der Waals surface area contributed by atoms with Gasteiger partial charge in [-0.05, 0) is 74.3 Å². The molecule has 0 bridgehead atoms. The molecule has 0 aliphatic carbocycles. The zero-order valence-corrected chi connectivity index (χ0v) is 29.7. The van der Waals surface area contributed by atoms with Crippen LogP contribution in [0.4, 0.5) is 14.9 Å². The van der Waals surface area contributed by atoms with Gasteiger partial charge in [0.15, 0.2) is 0 Å². The Morgan fingerprint density at radius 2 is 1.80 bits per heavy atom. The van der Waals surface area contributed by atoms with Crippen LogP contribution >= 0.6 is 23.2 Å². The van der Waals surface area contributed by atoms with Crippen LogP contribution in [0.3, 0.4) is 0 Å². The molecule has 0 saturated carbocycles. The van der Waals surface area contributed by atoms with Crippen LogP contribution in [0.2, 0.25) is 10.0 Å². The highest BCUT2D eigenvalue weighted by molar-refractivity contribution is 6.42. The minimum absolute atomic E-state index is 0.233. The molecular formula is C37H44Cl2FN5O4. The predicted molar refractivity (Wildman–Crippen MR) is 190 cm³/mol. The SMILES string of the molecule is CN1C(=O)OC2(CCN(CC[C@@](C)(C(=O)N(C)[C@H](Cc3ccccc3)C(=O)NCCCN)c3ccc(Cl)c(Cl)c3)CC2)c2cc(F)ccc21. The number of rotatable bonds is 12. The van der Waals surface area contributed by atoms with Gasteiger partial charge in [-0.1, -0.05) is 59.6 Å². The quantitative estimate of drug-likeness (QED) is 0.227. The fourth-order valence-corrected chi connectivity index (χ4v) is 7.16. The number of benzene rings is 3. The first kappa shape index (κ1) is 36.6.